The summed E-state index contributed by atoms with van der Waals surface area (Å²) < 4.78 is 4.66. The van der Waals surface area contributed by atoms with Crippen LogP contribution in [0, 0.1) is 0 Å². The standard InChI is InChI=1S/C19H21N3O3/c1-25-19(24)14-6-7-16(15(20)12-14)21-10-8-18(23)22-11-9-13-4-2-3-5-17(13)22/h2-7,12,21H,8-11,20H2,1H3. The van der Waals surface area contributed by atoms with Gasteiger partial charge in [-0.05, 0) is 36.2 Å². The minimum atomic E-state index is -0.430. The Morgan fingerprint density at radius 3 is 2.80 bits per heavy atom. The van der Waals surface area contributed by atoms with E-state index in [4.69, 9.17) is 5.73 Å². The Morgan fingerprint density at radius 1 is 1.24 bits per heavy atom. The van der Waals surface area contributed by atoms with Crippen LogP contribution >= 0.6 is 0 Å². The Bertz CT molecular complexity index is 804. The number of fused-ring (bicyclic) bond motifs is 1. The van der Waals surface area contributed by atoms with Gasteiger partial charge < -0.3 is 20.7 Å². The van der Waals surface area contributed by atoms with E-state index < -0.39 is 5.97 Å². The number of amides is 1. The molecule has 1 amide bonds. The Morgan fingerprint density at radius 2 is 2.04 bits per heavy atom. The van der Waals surface area contributed by atoms with Crippen LogP contribution in [0.1, 0.15) is 22.3 Å². The van der Waals surface area contributed by atoms with Crippen LogP contribution in [-0.2, 0) is 16.0 Å². The molecule has 6 heteroatoms. The first-order valence-electron chi connectivity index (χ1n) is 8.20. The lowest BCUT2D eigenvalue weighted by Crippen LogP contribution is -2.30. The number of nitrogens with one attached hydrogen (secondary N) is 1. The number of hydrogen-bond acceptors (Lipinski definition) is 5. The molecule has 2 aromatic rings. The maximum absolute atomic E-state index is 12.5. The molecule has 2 aromatic carbocycles. The quantitative estimate of drug-likeness (QED) is 0.646. The molecule has 1 heterocycles. The van der Waals surface area contributed by atoms with E-state index in [9.17, 15) is 9.59 Å². The molecule has 3 N–H and O–H groups in total. The van der Waals surface area contributed by atoms with Gasteiger partial charge in [-0.25, -0.2) is 4.79 Å². The molecule has 3 rings (SSSR count). The molecule has 0 atom stereocenters. The topological polar surface area (TPSA) is 84.7 Å². The van der Waals surface area contributed by atoms with Gasteiger partial charge in [0.2, 0.25) is 5.91 Å². The molecule has 6 nitrogen and oxygen atoms in total. The Hall–Kier alpha value is -3.02. The maximum atomic E-state index is 12.5. The second-order valence-corrected chi connectivity index (χ2v) is 5.89. The third-order valence-electron chi connectivity index (χ3n) is 4.32. The van der Waals surface area contributed by atoms with Crippen LogP contribution in [0.2, 0.25) is 0 Å². The van der Waals surface area contributed by atoms with Crippen molar-refractivity contribution in [1.82, 2.24) is 0 Å². The van der Waals surface area contributed by atoms with Crippen LogP contribution in [0.5, 0.6) is 0 Å². The number of para-hydroxylation sites is 1. The summed E-state index contributed by atoms with van der Waals surface area (Å²) in [7, 11) is 1.33. The molecule has 0 fully saturated rings. The number of carbonyl (C=O) groups is 2. The summed E-state index contributed by atoms with van der Waals surface area (Å²) in [6, 6.07) is 12.9. The fourth-order valence-electron chi connectivity index (χ4n) is 3.00. The van der Waals surface area contributed by atoms with Gasteiger partial charge in [-0.15, -0.1) is 0 Å². The number of nitrogens with zero attached hydrogens (tertiary/aromatic N) is 1. The summed E-state index contributed by atoms with van der Waals surface area (Å²) in [6.45, 7) is 1.20. The zero-order valence-corrected chi connectivity index (χ0v) is 14.1. The molecule has 0 bridgehead atoms. The average Bonchev–Trinajstić information content (AvgIpc) is 3.06. The number of methoxy groups -OCH3 is 1. The van der Waals surface area contributed by atoms with Gasteiger partial charge in [0.25, 0.3) is 0 Å². The van der Waals surface area contributed by atoms with E-state index in [1.165, 1.54) is 12.7 Å². The number of anilines is 3. The van der Waals surface area contributed by atoms with Gasteiger partial charge in [0.1, 0.15) is 0 Å². The molecule has 0 saturated carbocycles. The van der Waals surface area contributed by atoms with Crippen molar-refractivity contribution in [3.8, 4) is 0 Å². The third-order valence-corrected chi connectivity index (χ3v) is 4.32. The summed E-state index contributed by atoms with van der Waals surface area (Å²) in [5.74, 6) is -0.344. The van der Waals surface area contributed by atoms with E-state index in [0.29, 0.717) is 29.9 Å². The lowest BCUT2D eigenvalue weighted by Gasteiger charge is -2.18. The van der Waals surface area contributed by atoms with E-state index in [1.807, 2.05) is 23.1 Å². The van der Waals surface area contributed by atoms with Gasteiger partial charge in [0, 0.05) is 25.2 Å². The van der Waals surface area contributed by atoms with Crippen LogP contribution in [0.3, 0.4) is 0 Å². The SMILES string of the molecule is COC(=O)c1ccc(NCCC(=O)N2CCc3ccccc32)c(N)c1. The third kappa shape index (κ3) is 3.57. The van der Waals surface area contributed by atoms with Crippen molar-refractivity contribution in [1.29, 1.82) is 0 Å². The molecule has 1 aliphatic heterocycles. The monoisotopic (exact) mass is 339 g/mol. The highest BCUT2D eigenvalue weighted by Gasteiger charge is 2.23. The predicted octanol–water partition coefficient (Wildman–Crippen LogP) is 2.45. The van der Waals surface area contributed by atoms with Crippen LogP contribution in [-0.4, -0.2) is 32.1 Å². The molecule has 0 radical (unpaired) electrons. The molecule has 1 aliphatic rings. The van der Waals surface area contributed by atoms with Crippen LogP contribution in [0.25, 0.3) is 0 Å². The molecule has 25 heavy (non-hydrogen) atoms. The lowest BCUT2D eigenvalue weighted by molar-refractivity contribution is -0.118. The fourth-order valence-corrected chi connectivity index (χ4v) is 3.00. The smallest absolute Gasteiger partial charge is 0.337 e. The van der Waals surface area contributed by atoms with Crippen molar-refractivity contribution in [3.05, 3.63) is 53.6 Å². The van der Waals surface area contributed by atoms with Gasteiger partial charge in [0.15, 0.2) is 0 Å². The second-order valence-electron chi connectivity index (χ2n) is 5.89. The van der Waals surface area contributed by atoms with Crippen molar-refractivity contribution in [2.75, 3.05) is 36.1 Å². The van der Waals surface area contributed by atoms with E-state index in [-0.39, 0.29) is 5.91 Å². The minimum absolute atomic E-state index is 0.0854. The van der Waals surface area contributed by atoms with E-state index in [2.05, 4.69) is 16.1 Å². The number of nitrogen functional groups attached to an aromatic ring is 1. The molecule has 130 valence electrons. The highest BCUT2D eigenvalue weighted by molar-refractivity contribution is 5.96. The van der Waals surface area contributed by atoms with Gasteiger partial charge >= 0.3 is 5.97 Å². The number of rotatable bonds is 5. The number of nitrogens with two attached hydrogens (primary N) is 1. The molecule has 0 unspecified atom stereocenters. The van der Waals surface area contributed by atoms with Crippen LogP contribution in [0.4, 0.5) is 17.1 Å². The minimum Gasteiger partial charge on any atom is -0.465 e. The first-order chi connectivity index (χ1) is 12.1. The maximum Gasteiger partial charge on any atom is 0.337 e. The van der Waals surface area contributed by atoms with Gasteiger partial charge in [-0.2, -0.15) is 0 Å². The highest BCUT2D eigenvalue weighted by atomic mass is 16.5. The highest BCUT2D eigenvalue weighted by Crippen LogP contribution is 2.28. The zero-order valence-electron chi connectivity index (χ0n) is 14.1. The summed E-state index contributed by atoms with van der Waals surface area (Å²) in [5.41, 5.74) is 9.71. The van der Waals surface area contributed by atoms with Crippen molar-refractivity contribution < 1.29 is 14.3 Å². The molecule has 0 aliphatic carbocycles. The van der Waals surface area contributed by atoms with Crippen molar-refractivity contribution in [2.45, 2.75) is 12.8 Å². The zero-order chi connectivity index (χ0) is 17.8. The Kier molecular flexibility index (Phi) is 4.88. The van der Waals surface area contributed by atoms with E-state index >= 15 is 0 Å². The largest absolute Gasteiger partial charge is 0.465 e. The van der Waals surface area contributed by atoms with E-state index in [1.54, 1.807) is 18.2 Å². The van der Waals surface area contributed by atoms with Gasteiger partial charge in [0.05, 0.1) is 24.0 Å². The predicted molar refractivity (Wildman–Crippen MR) is 97.8 cm³/mol. The Labute approximate surface area is 146 Å². The van der Waals surface area contributed by atoms with Crippen molar-refractivity contribution in [3.63, 3.8) is 0 Å². The molecular weight excluding hydrogens is 318 g/mol. The van der Waals surface area contributed by atoms with E-state index in [0.717, 1.165) is 18.7 Å². The molecule has 0 spiro atoms. The summed E-state index contributed by atoms with van der Waals surface area (Å²) in [4.78, 5) is 25.8. The molecule has 0 saturated heterocycles. The van der Waals surface area contributed by atoms with Gasteiger partial charge in [-0.3, -0.25) is 4.79 Å². The number of esters is 1. The molecular formula is C19H21N3O3. The van der Waals surface area contributed by atoms with Crippen LogP contribution < -0.4 is 16.0 Å². The average molecular weight is 339 g/mol. The summed E-state index contributed by atoms with van der Waals surface area (Å²) >= 11 is 0. The number of ether oxygens (including phenoxy) is 1. The lowest BCUT2D eigenvalue weighted by atomic mass is 10.1. The normalized spacial score (nSPS) is 12.6. The number of benzene rings is 2. The first-order valence-corrected chi connectivity index (χ1v) is 8.20. The second kappa shape index (κ2) is 7.25. The van der Waals surface area contributed by atoms with Crippen molar-refractivity contribution >= 4 is 28.9 Å². The van der Waals surface area contributed by atoms with Gasteiger partial charge in [-0.1, -0.05) is 18.2 Å². The molecule has 0 aromatic heterocycles. The van der Waals surface area contributed by atoms with Crippen molar-refractivity contribution in [2.24, 2.45) is 0 Å². The number of carbonyl (C=O) groups excluding carboxylic acids is 2. The Balaban J connectivity index is 1.57. The van der Waals surface area contributed by atoms with Crippen LogP contribution in [0.15, 0.2) is 42.5 Å². The number of hydrogen-bond donors (Lipinski definition) is 2. The summed E-state index contributed by atoms with van der Waals surface area (Å²) in [6.07, 6.45) is 1.27. The fraction of sp³-hybridized carbons (Fsp3) is 0.263. The first kappa shape index (κ1) is 16.8. The summed E-state index contributed by atoms with van der Waals surface area (Å²) in [5, 5.41) is 3.15.